The van der Waals surface area contributed by atoms with Crippen LogP contribution in [0.3, 0.4) is 0 Å². The first-order valence-corrected chi connectivity index (χ1v) is 4.71. The number of aliphatic carboxylic acids is 1. The zero-order valence-electron chi connectivity index (χ0n) is 9.00. The topological polar surface area (TPSA) is 63.3 Å². The lowest BCUT2D eigenvalue weighted by Gasteiger charge is -2.24. The summed E-state index contributed by atoms with van der Waals surface area (Å²) in [7, 11) is 0. The highest BCUT2D eigenvalue weighted by Gasteiger charge is 2.20. The molecule has 0 aliphatic rings. The Hall–Kier alpha value is -0.570. The molecule has 0 aromatic rings. The molecule has 0 saturated carbocycles. The molecule has 0 saturated heterocycles. The van der Waals surface area contributed by atoms with Gasteiger partial charge in [0.1, 0.15) is 6.04 Å². The predicted octanol–water partition coefficient (Wildman–Crippen LogP) is 1.86. The molecule has 3 nitrogen and oxygen atoms in total. The number of carboxylic acids is 1. The molecule has 0 spiro atoms. The van der Waals surface area contributed by atoms with Crippen molar-refractivity contribution in [1.82, 2.24) is 0 Å². The summed E-state index contributed by atoms with van der Waals surface area (Å²) >= 11 is 0. The minimum absolute atomic E-state index is 0.248. The molecule has 0 unspecified atom stereocenters. The van der Waals surface area contributed by atoms with Crippen molar-refractivity contribution >= 4 is 5.97 Å². The van der Waals surface area contributed by atoms with Gasteiger partial charge in [-0.1, -0.05) is 27.7 Å². The summed E-state index contributed by atoms with van der Waals surface area (Å²) in [5.41, 5.74) is 5.68. The Balaban J connectivity index is 3.88. The van der Waals surface area contributed by atoms with Crippen LogP contribution in [-0.4, -0.2) is 17.1 Å². The van der Waals surface area contributed by atoms with Crippen LogP contribution in [0.4, 0.5) is 0 Å². The number of nitrogens with two attached hydrogens (primary N) is 1. The van der Waals surface area contributed by atoms with Crippen LogP contribution >= 0.6 is 0 Å². The van der Waals surface area contributed by atoms with Gasteiger partial charge >= 0.3 is 5.97 Å². The fraction of sp³-hybridized carbons (Fsp3) is 0.900. The van der Waals surface area contributed by atoms with Crippen LogP contribution in [0.15, 0.2) is 0 Å². The fourth-order valence-electron chi connectivity index (χ4n) is 1.66. The van der Waals surface area contributed by atoms with Gasteiger partial charge in [0.05, 0.1) is 0 Å². The van der Waals surface area contributed by atoms with Gasteiger partial charge < -0.3 is 10.8 Å². The largest absolute Gasteiger partial charge is 0.480 e. The Morgan fingerprint density at radius 1 is 1.46 bits per heavy atom. The lowest BCUT2D eigenvalue weighted by atomic mass is 9.83. The zero-order valence-corrected chi connectivity index (χ0v) is 9.00. The van der Waals surface area contributed by atoms with Crippen molar-refractivity contribution < 1.29 is 9.90 Å². The quantitative estimate of drug-likeness (QED) is 0.706. The highest BCUT2D eigenvalue weighted by molar-refractivity contribution is 5.72. The molecule has 0 aromatic heterocycles. The van der Waals surface area contributed by atoms with Gasteiger partial charge in [0.2, 0.25) is 0 Å². The molecule has 0 bridgehead atoms. The van der Waals surface area contributed by atoms with E-state index in [1.54, 1.807) is 0 Å². The number of hydrogen-bond acceptors (Lipinski definition) is 2. The van der Waals surface area contributed by atoms with Gasteiger partial charge in [-0.25, -0.2) is 0 Å². The van der Waals surface area contributed by atoms with E-state index in [1.807, 2.05) is 6.92 Å². The molecule has 3 N–H and O–H groups in total. The molecule has 0 aromatic carbocycles. The summed E-state index contributed by atoms with van der Waals surface area (Å²) in [4.78, 5) is 10.5. The lowest BCUT2D eigenvalue weighted by Crippen LogP contribution is -2.32. The zero-order chi connectivity index (χ0) is 10.6. The summed E-state index contributed by atoms with van der Waals surface area (Å²) < 4.78 is 0. The van der Waals surface area contributed by atoms with Crippen LogP contribution in [0, 0.1) is 11.3 Å². The first-order valence-electron chi connectivity index (χ1n) is 4.71. The number of carbonyl (C=O) groups is 1. The van der Waals surface area contributed by atoms with Crippen molar-refractivity contribution in [1.29, 1.82) is 0 Å². The Morgan fingerprint density at radius 3 is 2.23 bits per heavy atom. The van der Waals surface area contributed by atoms with E-state index in [0.29, 0.717) is 12.3 Å². The SMILES string of the molecule is C[C@@H](C[C@@H](N)C(=O)O)CC(C)(C)C. The summed E-state index contributed by atoms with van der Waals surface area (Å²) in [6.45, 7) is 8.50. The van der Waals surface area contributed by atoms with E-state index in [-0.39, 0.29) is 5.41 Å². The highest BCUT2D eigenvalue weighted by Crippen LogP contribution is 2.26. The smallest absolute Gasteiger partial charge is 0.320 e. The van der Waals surface area contributed by atoms with Crippen molar-refractivity contribution in [2.45, 2.75) is 46.6 Å². The molecule has 0 heterocycles. The van der Waals surface area contributed by atoms with Crippen LogP contribution in [0.5, 0.6) is 0 Å². The van der Waals surface area contributed by atoms with Gasteiger partial charge in [-0.3, -0.25) is 4.79 Å². The van der Waals surface area contributed by atoms with Crippen molar-refractivity contribution in [2.75, 3.05) is 0 Å². The minimum atomic E-state index is -0.902. The van der Waals surface area contributed by atoms with Crippen LogP contribution in [-0.2, 0) is 4.79 Å². The molecule has 2 atom stereocenters. The van der Waals surface area contributed by atoms with E-state index < -0.39 is 12.0 Å². The van der Waals surface area contributed by atoms with Crippen LogP contribution < -0.4 is 5.73 Å². The molecule has 0 rings (SSSR count). The van der Waals surface area contributed by atoms with E-state index in [1.165, 1.54) is 0 Å². The van der Waals surface area contributed by atoms with E-state index in [0.717, 1.165) is 6.42 Å². The first-order chi connectivity index (χ1) is 5.72. The van der Waals surface area contributed by atoms with Gasteiger partial charge in [-0.15, -0.1) is 0 Å². The normalized spacial score (nSPS) is 16.7. The van der Waals surface area contributed by atoms with Gasteiger partial charge in [0.15, 0.2) is 0 Å². The molecule has 0 aliphatic heterocycles. The van der Waals surface area contributed by atoms with Gasteiger partial charge in [-0.05, 0) is 24.2 Å². The fourth-order valence-corrected chi connectivity index (χ4v) is 1.66. The molecule has 13 heavy (non-hydrogen) atoms. The molecule has 78 valence electrons. The minimum Gasteiger partial charge on any atom is -0.480 e. The average molecular weight is 187 g/mol. The van der Waals surface area contributed by atoms with Crippen molar-refractivity contribution in [3.8, 4) is 0 Å². The van der Waals surface area contributed by atoms with E-state index in [9.17, 15) is 4.79 Å². The Kier molecular flexibility index (Phi) is 4.40. The Bertz CT molecular complexity index is 172. The van der Waals surface area contributed by atoms with E-state index in [4.69, 9.17) is 10.8 Å². The van der Waals surface area contributed by atoms with Crippen molar-refractivity contribution in [3.05, 3.63) is 0 Å². The third-order valence-electron chi connectivity index (χ3n) is 1.93. The van der Waals surface area contributed by atoms with E-state index >= 15 is 0 Å². The predicted molar refractivity (Wildman–Crippen MR) is 53.5 cm³/mol. The summed E-state index contributed by atoms with van der Waals surface area (Å²) in [5.74, 6) is -0.535. The van der Waals surface area contributed by atoms with Gasteiger partial charge in [-0.2, -0.15) is 0 Å². The third-order valence-corrected chi connectivity index (χ3v) is 1.93. The summed E-state index contributed by atoms with van der Waals surface area (Å²) in [6.07, 6.45) is 1.57. The molecule has 0 aliphatic carbocycles. The molecule has 3 heteroatoms. The molecule has 0 radical (unpaired) electrons. The van der Waals surface area contributed by atoms with Crippen LogP contribution in [0.1, 0.15) is 40.5 Å². The maximum atomic E-state index is 10.5. The number of rotatable bonds is 4. The second kappa shape index (κ2) is 4.61. The molecule has 0 fully saturated rings. The second-order valence-corrected chi connectivity index (χ2v) is 5.05. The second-order valence-electron chi connectivity index (χ2n) is 5.05. The van der Waals surface area contributed by atoms with Crippen molar-refractivity contribution in [2.24, 2.45) is 17.1 Å². The maximum absolute atomic E-state index is 10.5. The Morgan fingerprint density at radius 2 is 1.92 bits per heavy atom. The third kappa shape index (κ3) is 6.58. The maximum Gasteiger partial charge on any atom is 0.320 e. The molecular formula is C10H21NO2. The number of hydrogen-bond donors (Lipinski definition) is 2. The average Bonchev–Trinajstić information content (AvgIpc) is 1.81. The number of carboxylic acid groups (broad SMARTS) is 1. The van der Waals surface area contributed by atoms with Crippen molar-refractivity contribution in [3.63, 3.8) is 0 Å². The lowest BCUT2D eigenvalue weighted by molar-refractivity contribution is -0.139. The van der Waals surface area contributed by atoms with Gasteiger partial charge in [0, 0.05) is 0 Å². The van der Waals surface area contributed by atoms with Crippen LogP contribution in [0.2, 0.25) is 0 Å². The summed E-state index contributed by atoms with van der Waals surface area (Å²) in [6, 6.07) is -0.711. The van der Waals surface area contributed by atoms with Crippen LogP contribution in [0.25, 0.3) is 0 Å². The monoisotopic (exact) mass is 187 g/mol. The summed E-state index contributed by atoms with van der Waals surface area (Å²) in [5, 5.41) is 8.60. The van der Waals surface area contributed by atoms with Gasteiger partial charge in [0.25, 0.3) is 0 Å². The first kappa shape index (κ1) is 12.4. The molecule has 0 amide bonds. The van der Waals surface area contributed by atoms with E-state index in [2.05, 4.69) is 20.8 Å². The highest BCUT2D eigenvalue weighted by atomic mass is 16.4. The Labute approximate surface area is 80.3 Å². The standard InChI is InChI=1S/C10H21NO2/c1-7(6-10(2,3)4)5-8(11)9(12)13/h7-8H,5-6,11H2,1-4H3,(H,12,13)/t7-,8+/m0/s1. The molecular weight excluding hydrogens is 166 g/mol.